The number of nitrogens with two attached hydrogens (primary N) is 2. The van der Waals surface area contributed by atoms with Crippen LogP contribution in [0.4, 0.5) is 11.4 Å². The zero-order chi connectivity index (χ0) is 38.4. The summed E-state index contributed by atoms with van der Waals surface area (Å²) >= 11 is 1.14. The van der Waals surface area contributed by atoms with Gasteiger partial charge in [0.2, 0.25) is 17.6 Å². The zero-order valence-electron chi connectivity index (χ0n) is 30.3. The molecule has 0 atom stereocenters. The van der Waals surface area contributed by atoms with Crippen LogP contribution in [0.15, 0.2) is 46.0 Å². The van der Waals surface area contributed by atoms with Crippen molar-refractivity contribution in [3.05, 3.63) is 79.9 Å². The molecule has 5 N–H and O–H groups in total. The van der Waals surface area contributed by atoms with Gasteiger partial charge in [-0.15, -0.1) is 0 Å². The lowest BCUT2D eigenvalue weighted by Gasteiger charge is -2.36. The fraction of sp³-hybridized carbons (Fsp3) is 0.412. The molecule has 0 aliphatic carbocycles. The lowest BCUT2D eigenvalue weighted by molar-refractivity contribution is -0.384. The summed E-state index contributed by atoms with van der Waals surface area (Å²) in [6.07, 6.45) is 5.81. The van der Waals surface area contributed by atoms with E-state index in [0.29, 0.717) is 41.4 Å². The molecule has 18 heteroatoms. The van der Waals surface area contributed by atoms with Gasteiger partial charge >= 0.3 is 5.91 Å². The van der Waals surface area contributed by atoms with Crippen LogP contribution in [-0.2, 0) is 17.4 Å². The molecule has 0 bridgehead atoms. The number of carbonyl (C=O) groups excluding carboxylic acids is 3. The van der Waals surface area contributed by atoms with Crippen molar-refractivity contribution in [2.24, 2.45) is 16.5 Å². The molecule has 4 rings (SSSR count). The molecule has 1 aromatic carbocycles. The Morgan fingerprint density at radius 2 is 1.85 bits per heavy atom. The number of aromatic nitrogens is 3. The molecule has 0 fully saturated rings. The van der Waals surface area contributed by atoms with Gasteiger partial charge in [-0.2, -0.15) is 4.99 Å². The minimum absolute atomic E-state index is 0.0399. The summed E-state index contributed by atoms with van der Waals surface area (Å²) in [5.41, 5.74) is 11.7. The van der Waals surface area contributed by atoms with Gasteiger partial charge in [-0.25, -0.2) is 9.97 Å². The number of pyridine rings is 1. The summed E-state index contributed by atoms with van der Waals surface area (Å²) < 4.78 is 19.9. The maximum absolute atomic E-state index is 13.2. The third kappa shape index (κ3) is 9.36. The highest BCUT2D eigenvalue weighted by Gasteiger charge is 2.36. The molecular formula is C34H44N8O8SSi. The van der Waals surface area contributed by atoms with E-state index < -0.39 is 31.0 Å². The Morgan fingerprint density at radius 3 is 2.48 bits per heavy atom. The second kappa shape index (κ2) is 16.4. The quantitative estimate of drug-likeness (QED) is 0.0439. The van der Waals surface area contributed by atoms with Crippen LogP contribution >= 0.6 is 11.3 Å². The van der Waals surface area contributed by atoms with Crippen molar-refractivity contribution in [3.8, 4) is 5.75 Å². The van der Waals surface area contributed by atoms with Gasteiger partial charge in [0.05, 0.1) is 27.5 Å². The standard InChI is InChI=1S/C34H44N8O8SSi/c1-8-23-28(50-20(2)39-23)32(45)40-33-41(31-26(51-33)18-22(19-38-31)30(36)44)13-10-9-12-37-27-24(42(46)47)16-21(29(35)43)17-25(27)48-14-11-15-49-52(6,7)34(3,4)5/h9-10,16-19,37H,8,11-15H2,1-7H3,(H2,35,43)(H2,36,44)/b10-9-,40-33?. The molecule has 0 saturated carbocycles. The van der Waals surface area contributed by atoms with Crippen molar-refractivity contribution in [1.29, 1.82) is 0 Å². The molecule has 0 saturated heterocycles. The molecule has 3 heterocycles. The highest BCUT2D eigenvalue weighted by molar-refractivity contribution is 7.16. The molecule has 0 spiro atoms. The van der Waals surface area contributed by atoms with Gasteiger partial charge in [-0.3, -0.25) is 29.1 Å². The van der Waals surface area contributed by atoms with Crippen LogP contribution in [0, 0.1) is 17.0 Å². The summed E-state index contributed by atoms with van der Waals surface area (Å²) in [5, 5.41) is 15.1. The minimum atomic E-state index is -1.97. The fourth-order valence-corrected chi connectivity index (χ4v) is 6.87. The first-order chi connectivity index (χ1) is 24.4. The maximum Gasteiger partial charge on any atom is 0.317 e. The van der Waals surface area contributed by atoms with Crippen LogP contribution in [0.3, 0.4) is 0 Å². The van der Waals surface area contributed by atoms with E-state index in [1.165, 1.54) is 12.3 Å². The molecule has 52 heavy (non-hydrogen) atoms. The van der Waals surface area contributed by atoms with Crippen LogP contribution in [0.25, 0.3) is 10.3 Å². The van der Waals surface area contributed by atoms with Gasteiger partial charge in [0.15, 0.2) is 30.3 Å². The second-order valence-corrected chi connectivity index (χ2v) is 19.2. The number of amides is 3. The maximum atomic E-state index is 13.2. The third-order valence-corrected chi connectivity index (χ3v) is 14.1. The van der Waals surface area contributed by atoms with Gasteiger partial charge in [0.25, 0.3) is 5.69 Å². The van der Waals surface area contributed by atoms with Crippen molar-refractivity contribution in [2.75, 3.05) is 25.1 Å². The fourth-order valence-electron chi connectivity index (χ4n) is 4.74. The number of nitro benzene ring substituents is 1. The van der Waals surface area contributed by atoms with Gasteiger partial charge in [-0.1, -0.05) is 51.2 Å². The van der Waals surface area contributed by atoms with Crippen LogP contribution in [-0.4, -0.2) is 65.3 Å². The van der Waals surface area contributed by atoms with E-state index in [9.17, 15) is 24.5 Å². The number of ether oxygens (including phenoxy) is 1. The molecular weight excluding hydrogens is 709 g/mol. The van der Waals surface area contributed by atoms with Gasteiger partial charge in [-0.05, 0) is 36.7 Å². The Bertz CT molecular complexity index is 2090. The Hall–Kier alpha value is -5.20. The predicted molar refractivity (Wildman–Crippen MR) is 199 cm³/mol. The number of allylic oxidation sites excluding steroid dienone is 1. The number of primary amides is 2. The number of fused-ring (bicyclic) bond motifs is 1. The Balaban J connectivity index is 1.57. The van der Waals surface area contributed by atoms with Crippen molar-refractivity contribution in [1.82, 2.24) is 14.5 Å². The lowest BCUT2D eigenvalue weighted by atomic mass is 10.1. The molecule has 278 valence electrons. The first kappa shape index (κ1) is 39.6. The van der Waals surface area contributed by atoms with Crippen LogP contribution in [0.1, 0.15) is 77.0 Å². The lowest BCUT2D eigenvalue weighted by Crippen LogP contribution is -2.41. The molecule has 0 aliphatic heterocycles. The zero-order valence-corrected chi connectivity index (χ0v) is 32.1. The van der Waals surface area contributed by atoms with E-state index >= 15 is 0 Å². The number of rotatable bonds is 16. The van der Waals surface area contributed by atoms with Gasteiger partial charge < -0.3 is 30.4 Å². The summed E-state index contributed by atoms with van der Waals surface area (Å²) in [4.78, 5) is 61.7. The number of aryl methyl sites for hydroxylation is 2. The number of nitro groups is 1. The largest absolute Gasteiger partial charge is 0.491 e. The second-order valence-electron chi connectivity index (χ2n) is 13.3. The molecule has 4 aromatic rings. The number of oxazole rings is 1. The van der Waals surface area contributed by atoms with Gasteiger partial charge in [0, 0.05) is 50.9 Å². The minimum Gasteiger partial charge on any atom is -0.491 e. The average molecular weight is 753 g/mol. The summed E-state index contributed by atoms with van der Waals surface area (Å²) in [6, 6.07) is 4.05. The van der Waals surface area contributed by atoms with Crippen molar-refractivity contribution < 1.29 is 32.9 Å². The highest BCUT2D eigenvalue weighted by atomic mass is 32.1. The van der Waals surface area contributed by atoms with E-state index in [1.807, 2.05) is 6.92 Å². The molecule has 3 amide bonds. The third-order valence-electron chi connectivity index (χ3n) is 8.57. The van der Waals surface area contributed by atoms with Crippen molar-refractivity contribution >= 4 is 59.1 Å². The van der Waals surface area contributed by atoms with E-state index in [1.54, 1.807) is 29.7 Å². The number of nitrogens with zero attached hydrogens (tertiary/aromatic N) is 5. The summed E-state index contributed by atoms with van der Waals surface area (Å²) in [6.45, 7) is 15.2. The molecule has 16 nitrogen and oxygen atoms in total. The Labute approximate surface area is 305 Å². The van der Waals surface area contributed by atoms with E-state index in [2.05, 4.69) is 54.1 Å². The molecule has 0 radical (unpaired) electrons. The van der Waals surface area contributed by atoms with E-state index in [4.69, 9.17) is 25.0 Å². The topological polar surface area (TPSA) is 233 Å². The Morgan fingerprint density at radius 1 is 1.13 bits per heavy atom. The summed E-state index contributed by atoms with van der Waals surface area (Å²) in [5.74, 6) is -1.62. The normalized spacial score (nSPS) is 12.5. The molecule has 0 aliphatic rings. The number of hydrogen-bond donors (Lipinski definition) is 3. The van der Waals surface area contributed by atoms with Crippen molar-refractivity contribution in [2.45, 2.75) is 72.1 Å². The van der Waals surface area contributed by atoms with Crippen LogP contribution in [0.5, 0.6) is 5.75 Å². The predicted octanol–water partition coefficient (Wildman–Crippen LogP) is 5.26. The van der Waals surface area contributed by atoms with Gasteiger partial charge in [0.1, 0.15) is 5.75 Å². The smallest absolute Gasteiger partial charge is 0.317 e. The number of benzene rings is 1. The number of hydrogen-bond acceptors (Lipinski definition) is 12. The van der Waals surface area contributed by atoms with Crippen LogP contribution in [0.2, 0.25) is 18.1 Å². The highest BCUT2D eigenvalue weighted by Crippen LogP contribution is 2.37. The average Bonchev–Trinajstić information content (AvgIpc) is 3.62. The molecule has 0 unspecified atom stereocenters. The number of thiazole rings is 1. The number of carbonyl (C=O) groups is 3. The first-order valence-corrected chi connectivity index (χ1v) is 20.3. The summed E-state index contributed by atoms with van der Waals surface area (Å²) in [7, 11) is -1.97. The Kier molecular flexibility index (Phi) is 12.5. The monoisotopic (exact) mass is 752 g/mol. The first-order valence-electron chi connectivity index (χ1n) is 16.6. The van der Waals surface area contributed by atoms with E-state index in [-0.39, 0.29) is 63.5 Å². The van der Waals surface area contributed by atoms with Crippen LogP contribution < -0.4 is 26.3 Å². The molecule has 3 aromatic heterocycles. The van der Waals surface area contributed by atoms with E-state index in [0.717, 1.165) is 17.4 Å². The van der Waals surface area contributed by atoms with Crippen molar-refractivity contribution in [3.63, 3.8) is 0 Å². The number of anilines is 1. The SMILES string of the molecule is CCc1nc(C)oc1C(=O)N=c1sc2cc(C(N)=O)cnc2n1C/C=C\CNc1c(OCCCO[Si](C)(C)C(C)(C)C)cc(C(N)=O)cc1[N+](=O)[O-]. The number of nitrogens with one attached hydrogen (secondary N) is 1.